The van der Waals surface area contributed by atoms with Gasteiger partial charge in [-0.05, 0) is 71.6 Å². The Morgan fingerprint density at radius 1 is 1.02 bits per heavy atom. The van der Waals surface area contributed by atoms with E-state index in [1.54, 1.807) is 32.9 Å². The van der Waals surface area contributed by atoms with Crippen molar-refractivity contribution in [1.29, 1.82) is 0 Å². The van der Waals surface area contributed by atoms with Crippen LogP contribution in [0.25, 0.3) is 6.08 Å². The van der Waals surface area contributed by atoms with Crippen LogP contribution in [0.5, 0.6) is 0 Å². The van der Waals surface area contributed by atoms with Gasteiger partial charge in [-0.15, -0.1) is 0 Å². The van der Waals surface area contributed by atoms with Crippen molar-refractivity contribution in [3.8, 4) is 0 Å². The lowest BCUT2D eigenvalue weighted by Gasteiger charge is -2.36. The van der Waals surface area contributed by atoms with Crippen LogP contribution in [0.15, 0.2) is 30.8 Å². The predicted molar refractivity (Wildman–Crippen MR) is 164 cm³/mol. The number of alkyl carbamates (subject to hydrolysis) is 1. The molecule has 4 N–H and O–H groups in total. The second kappa shape index (κ2) is 16.8. The summed E-state index contributed by atoms with van der Waals surface area (Å²) >= 11 is 0. The van der Waals surface area contributed by atoms with Crippen LogP contribution < -0.4 is 16.4 Å². The molecule has 0 fully saturated rings. The maximum absolute atomic E-state index is 14.3. The summed E-state index contributed by atoms with van der Waals surface area (Å²) in [6.07, 6.45) is 6.68. The maximum Gasteiger partial charge on any atom is 0.408 e. The molecule has 41 heavy (non-hydrogen) atoms. The summed E-state index contributed by atoms with van der Waals surface area (Å²) < 4.78 is 5.40. The van der Waals surface area contributed by atoms with E-state index in [4.69, 9.17) is 10.5 Å². The third kappa shape index (κ3) is 14.2. The molecule has 0 spiro atoms. The van der Waals surface area contributed by atoms with Gasteiger partial charge in [0, 0.05) is 18.5 Å². The highest BCUT2D eigenvalue weighted by Gasteiger charge is 2.37. The van der Waals surface area contributed by atoms with Gasteiger partial charge in [0.25, 0.3) is 0 Å². The second-order valence-corrected chi connectivity index (χ2v) is 12.5. The van der Waals surface area contributed by atoms with E-state index < -0.39 is 41.1 Å². The fourth-order valence-electron chi connectivity index (χ4n) is 4.39. The molecule has 0 saturated carbocycles. The van der Waals surface area contributed by atoms with Crippen LogP contribution in [0.1, 0.15) is 117 Å². The lowest BCUT2D eigenvalue weighted by Crippen LogP contribution is -2.55. The molecule has 2 unspecified atom stereocenters. The van der Waals surface area contributed by atoms with E-state index in [0.29, 0.717) is 12.0 Å². The molecule has 0 saturated heterocycles. The van der Waals surface area contributed by atoms with Crippen LogP contribution in [0, 0.1) is 0 Å². The van der Waals surface area contributed by atoms with Gasteiger partial charge in [-0.2, -0.15) is 0 Å². The van der Waals surface area contributed by atoms with Crippen LogP contribution in [-0.2, 0) is 19.1 Å². The van der Waals surface area contributed by atoms with E-state index in [0.717, 1.165) is 37.7 Å². The molecular weight excluding hydrogens is 520 g/mol. The first-order valence-electron chi connectivity index (χ1n) is 14.7. The van der Waals surface area contributed by atoms with Gasteiger partial charge >= 0.3 is 6.09 Å². The van der Waals surface area contributed by atoms with Gasteiger partial charge in [0.2, 0.25) is 17.7 Å². The number of carbonyl (C=O) groups excluding carboxylic acids is 4. The minimum absolute atomic E-state index is 0.0271. The summed E-state index contributed by atoms with van der Waals surface area (Å²) in [5.41, 5.74) is 5.49. The number of amides is 4. The Labute approximate surface area is 246 Å². The summed E-state index contributed by atoms with van der Waals surface area (Å²) in [6.45, 7) is 17.1. The molecule has 9 heteroatoms. The lowest BCUT2D eigenvalue weighted by molar-refractivity contribution is -0.143. The summed E-state index contributed by atoms with van der Waals surface area (Å²) in [6, 6.07) is 5.23. The highest BCUT2D eigenvalue weighted by molar-refractivity contribution is 5.92. The molecule has 2 atom stereocenters. The second-order valence-electron chi connectivity index (χ2n) is 12.5. The number of unbranched alkanes of at least 4 members (excludes halogenated alkanes) is 5. The van der Waals surface area contributed by atoms with Crippen molar-refractivity contribution in [2.24, 2.45) is 5.73 Å². The SMILES string of the molecule is C=Cc1cccc(C(C(=O)NC(C)(C)C)N(CCCCCCCC)C(=O)C(CCC(N)=O)NC(=O)OC(C)(C)C)c1. The number of rotatable bonds is 16. The van der Waals surface area contributed by atoms with E-state index in [-0.39, 0.29) is 25.3 Å². The number of nitrogens with two attached hydrogens (primary N) is 1. The van der Waals surface area contributed by atoms with Crippen molar-refractivity contribution in [2.75, 3.05) is 6.54 Å². The molecule has 1 aromatic rings. The average molecular weight is 573 g/mol. The van der Waals surface area contributed by atoms with E-state index in [1.807, 2.05) is 39.0 Å². The molecule has 0 aliphatic heterocycles. The zero-order valence-corrected chi connectivity index (χ0v) is 26.2. The number of hydrogen-bond donors (Lipinski definition) is 3. The minimum Gasteiger partial charge on any atom is -0.444 e. The van der Waals surface area contributed by atoms with Crippen LogP contribution in [-0.4, -0.2) is 52.4 Å². The number of benzene rings is 1. The zero-order valence-electron chi connectivity index (χ0n) is 26.2. The summed E-state index contributed by atoms with van der Waals surface area (Å²) in [5, 5.41) is 5.66. The van der Waals surface area contributed by atoms with E-state index in [2.05, 4.69) is 24.1 Å². The molecule has 0 heterocycles. The number of hydrogen-bond acceptors (Lipinski definition) is 5. The standard InChI is InChI=1S/C32H52N4O5/c1-9-11-12-13-14-15-21-36(29(39)25(19-20-26(33)37)34-30(40)41-32(6,7)8)27(28(38)35-31(3,4)5)24-18-16-17-23(10-2)22-24/h10,16-18,22,25,27H,2,9,11-15,19-21H2,1,3-8H3,(H2,33,37)(H,34,40)(H,35,38). The van der Waals surface area contributed by atoms with E-state index in [9.17, 15) is 19.2 Å². The van der Waals surface area contributed by atoms with Crippen LogP contribution in [0.2, 0.25) is 0 Å². The summed E-state index contributed by atoms with van der Waals surface area (Å²) in [4.78, 5) is 54.1. The Kier molecular flexibility index (Phi) is 14.6. The highest BCUT2D eigenvalue weighted by Crippen LogP contribution is 2.26. The Morgan fingerprint density at radius 3 is 2.22 bits per heavy atom. The normalized spacial score (nSPS) is 13.0. The number of nitrogens with zero attached hydrogens (tertiary/aromatic N) is 1. The monoisotopic (exact) mass is 572 g/mol. The average Bonchev–Trinajstić information content (AvgIpc) is 2.85. The van der Waals surface area contributed by atoms with Gasteiger partial charge in [0.1, 0.15) is 17.7 Å². The third-order valence-electron chi connectivity index (χ3n) is 6.22. The zero-order chi connectivity index (χ0) is 31.2. The van der Waals surface area contributed by atoms with Gasteiger partial charge in [-0.25, -0.2) is 4.79 Å². The van der Waals surface area contributed by atoms with Crippen LogP contribution in [0.3, 0.4) is 0 Å². The quantitative estimate of drug-likeness (QED) is 0.221. The fourth-order valence-corrected chi connectivity index (χ4v) is 4.39. The molecule has 4 amide bonds. The molecule has 1 aromatic carbocycles. The lowest BCUT2D eigenvalue weighted by atomic mass is 9.97. The topological polar surface area (TPSA) is 131 Å². The highest BCUT2D eigenvalue weighted by atomic mass is 16.6. The van der Waals surface area contributed by atoms with Gasteiger partial charge < -0.3 is 26.0 Å². The van der Waals surface area contributed by atoms with E-state index in [1.165, 1.54) is 4.90 Å². The molecule has 1 rings (SSSR count). The Balaban J connectivity index is 3.56. The van der Waals surface area contributed by atoms with Gasteiger partial charge in [-0.1, -0.05) is 69.9 Å². The smallest absolute Gasteiger partial charge is 0.408 e. The number of ether oxygens (including phenoxy) is 1. The first kappa shape index (κ1) is 35.7. The van der Waals surface area contributed by atoms with Gasteiger partial charge in [0.05, 0.1) is 0 Å². The Bertz CT molecular complexity index is 1030. The molecule has 0 radical (unpaired) electrons. The summed E-state index contributed by atoms with van der Waals surface area (Å²) in [7, 11) is 0. The van der Waals surface area contributed by atoms with Crippen molar-refractivity contribution in [1.82, 2.24) is 15.5 Å². The van der Waals surface area contributed by atoms with Crippen molar-refractivity contribution in [2.45, 2.75) is 123 Å². The van der Waals surface area contributed by atoms with Crippen molar-refractivity contribution >= 4 is 29.9 Å². The molecule has 0 bridgehead atoms. The van der Waals surface area contributed by atoms with Crippen molar-refractivity contribution in [3.05, 3.63) is 42.0 Å². The molecule has 0 aliphatic rings. The van der Waals surface area contributed by atoms with Gasteiger partial charge in [0.15, 0.2) is 0 Å². The predicted octanol–water partition coefficient (Wildman–Crippen LogP) is 5.63. The Hall–Kier alpha value is -3.36. The summed E-state index contributed by atoms with van der Waals surface area (Å²) in [5.74, 6) is -1.43. The van der Waals surface area contributed by atoms with Crippen LogP contribution >= 0.6 is 0 Å². The van der Waals surface area contributed by atoms with Crippen LogP contribution in [0.4, 0.5) is 4.79 Å². The maximum atomic E-state index is 14.3. The molecular formula is C32H52N4O5. The van der Waals surface area contributed by atoms with Gasteiger partial charge in [-0.3, -0.25) is 14.4 Å². The number of carbonyl (C=O) groups is 4. The third-order valence-corrected chi connectivity index (χ3v) is 6.22. The molecule has 230 valence electrons. The molecule has 0 aliphatic carbocycles. The first-order chi connectivity index (χ1) is 19.1. The largest absolute Gasteiger partial charge is 0.444 e. The van der Waals surface area contributed by atoms with E-state index >= 15 is 0 Å². The number of nitrogens with one attached hydrogen (secondary N) is 2. The molecule has 9 nitrogen and oxygen atoms in total. The van der Waals surface area contributed by atoms with Crippen molar-refractivity contribution in [3.63, 3.8) is 0 Å². The molecule has 0 aromatic heterocycles. The first-order valence-corrected chi connectivity index (χ1v) is 14.7. The fraction of sp³-hybridized carbons (Fsp3) is 0.625. The number of primary amides is 1. The van der Waals surface area contributed by atoms with Crippen molar-refractivity contribution < 1.29 is 23.9 Å². The Morgan fingerprint density at radius 2 is 1.66 bits per heavy atom. The minimum atomic E-state index is -1.12.